The van der Waals surface area contributed by atoms with E-state index in [1.54, 1.807) is 19.4 Å². The molecule has 4 heteroatoms. The summed E-state index contributed by atoms with van der Waals surface area (Å²) >= 11 is 0. The number of piperidine rings is 1. The van der Waals surface area contributed by atoms with Gasteiger partial charge in [0.2, 0.25) is 0 Å². The summed E-state index contributed by atoms with van der Waals surface area (Å²) in [6.45, 7) is 7.66. The number of benzene rings is 1. The summed E-state index contributed by atoms with van der Waals surface area (Å²) in [4.78, 5) is 19.3. The minimum Gasteiger partial charge on any atom is -0.497 e. The number of pyridine rings is 1. The predicted molar refractivity (Wildman–Crippen MR) is 91.7 cm³/mol. The van der Waals surface area contributed by atoms with Gasteiger partial charge in [0.05, 0.1) is 18.2 Å². The normalized spacial score (nSPS) is 21.2. The van der Waals surface area contributed by atoms with Gasteiger partial charge >= 0.3 is 0 Å². The minimum absolute atomic E-state index is 0.0596. The first-order chi connectivity index (χ1) is 11.1. The number of likely N-dealkylation sites (tertiary alicyclic amines) is 1. The highest BCUT2D eigenvalue weighted by molar-refractivity contribution is 6.06. The van der Waals surface area contributed by atoms with Crippen LogP contribution in [0.3, 0.4) is 0 Å². The number of methoxy groups -OCH3 is 1. The van der Waals surface area contributed by atoms with Crippen molar-refractivity contribution in [2.45, 2.75) is 13.3 Å². The lowest BCUT2D eigenvalue weighted by atomic mass is 9.87. The van der Waals surface area contributed by atoms with Crippen LogP contribution in [0.2, 0.25) is 0 Å². The van der Waals surface area contributed by atoms with E-state index in [9.17, 15) is 4.79 Å². The zero-order valence-electron chi connectivity index (χ0n) is 13.7. The van der Waals surface area contributed by atoms with Crippen LogP contribution < -0.4 is 4.74 Å². The van der Waals surface area contributed by atoms with Gasteiger partial charge in [0, 0.05) is 24.7 Å². The molecular formula is C19H22N2O2. The number of carbonyl (C=O) groups is 1. The molecular weight excluding hydrogens is 288 g/mol. The van der Waals surface area contributed by atoms with Gasteiger partial charge in [-0.15, -0.1) is 6.58 Å². The minimum atomic E-state index is 0.0596. The lowest BCUT2D eigenvalue weighted by Gasteiger charge is -2.35. The van der Waals surface area contributed by atoms with Crippen molar-refractivity contribution < 1.29 is 9.53 Å². The van der Waals surface area contributed by atoms with Crippen LogP contribution in [-0.4, -0.2) is 36.0 Å². The van der Waals surface area contributed by atoms with E-state index in [1.165, 1.54) is 0 Å². The van der Waals surface area contributed by atoms with Crippen LogP contribution in [0.15, 0.2) is 43.1 Å². The molecule has 1 fully saturated rings. The van der Waals surface area contributed by atoms with Gasteiger partial charge in [-0.3, -0.25) is 9.78 Å². The number of rotatable bonds is 3. The molecule has 4 nitrogen and oxygen atoms in total. The molecule has 0 radical (unpaired) electrons. The molecule has 1 aliphatic heterocycles. The number of carbonyl (C=O) groups excluding carboxylic acids is 1. The van der Waals surface area contributed by atoms with E-state index in [0.29, 0.717) is 17.4 Å². The molecule has 1 saturated heterocycles. The molecule has 120 valence electrons. The quantitative estimate of drug-likeness (QED) is 0.815. The Balaban J connectivity index is 1.96. The molecule has 1 aromatic carbocycles. The predicted octanol–water partition coefficient (Wildman–Crippen LogP) is 3.53. The first-order valence-electron chi connectivity index (χ1n) is 7.98. The summed E-state index contributed by atoms with van der Waals surface area (Å²) < 4.78 is 5.29. The van der Waals surface area contributed by atoms with Gasteiger partial charge in [-0.1, -0.05) is 13.0 Å². The van der Waals surface area contributed by atoms with E-state index in [1.807, 2.05) is 29.2 Å². The third kappa shape index (κ3) is 2.93. The fourth-order valence-corrected chi connectivity index (χ4v) is 3.20. The Morgan fingerprint density at radius 1 is 1.43 bits per heavy atom. The number of fused-ring (bicyclic) bond motifs is 1. The van der Waals surface area contributed by atoms with Crippen molar-refractivity contribution in [3.63, 3.8) is 0 Å². The zero-order chi connectivity index (χ0) is 16.4. The molecule has 1 aromatic heterocycles. The number of ether oxygens (including phenoxy) is 1. The zero-order valence-corrected chi connectivity index (χ0v) is 13.7. The van der Waals surface area contributed by atoms with Gasteiger partial charge < -0.3 is 9.64 Å². The van der Waals surface area contributed by atoms with E-state index in [0.717, 1.165) is 36.2 Å². The smallest absolute Gasteiger partial charge is 0.254 e. The Kier molecular flexibility index (Phi) is 4.33. The van der Waals surface area contributed by atoms with E-state index in [4.69, 9.17) is 4.74 Å². The van der Waals surface area contributed by atoms with Crippen LogP contribution in [0.25, 0.3) is 10.9 Å². The van der Waals surface area contributed by atoms with Crippen LogP contribution in [0, 0.1) is 11.8 Å². The maximum absolute atomic E-state index is 13.0. The monoisotopic (exact) mass is 310 g/mol. The van der Waals surface area contributed by atoms with Crippen LogP contribution in [0.4, 0.5) is 0 Å². The number of nitrogens with zero attached hydrogens (tertiary/aromatic N) is 2. The summed E-state index contributed by atoms with van der Waals surface area (Å²) in [7, 11) is 1.62. The van der Waals surface area contributed by atoms with Gasteiger partial charge in [0.15, 0.2) is 0 Å². The molecule has 2 aromatic rings. The summed E-state index contributed by atoms with van der Waals surface area (Å²) in [6.07, 6.45) is 4.67. The molecule has 0 N–H and O–H groups in total. The molecule has 2 unspecified atom stereocenters. The molecule has 23 heavy (non-hydrogen) atoms. The van der Waals surface area contributed by atoms with Gasteiger partial charge in [-0.25, -0.2) is 0 Å². The number of aromatic nitrogens is 1. The Morgan fingerprint density at radius 3 is 3.00 bits per heavy atom. The summed E-state index contributed by atoms with van der Waals surface area (Å²) in [6, 6.07) is 7.42. The standard InChI is InChI=1S/C19H22N2O2/c1-4-14-12-21(10-8-13(14)2)19(22)16-7-9-20-18-6-5-15(23-3)11-17(16)18/h4-7,9,11,13-14H,1,8,10,12H2,2-3H3. The summed E-state index contributed by atoms with van der Waals surface area (Å²) in [5.74, 6) is 1.72. The van der Waals surface area contributed by atoms with Crippen molar-refractivity contribution in [2.24, 2.45) is 11.8 Å². The van der Waals surface area contributed by atoms with Crippen LogP contribution in [0.1, 0.15) is 23.7 Å². The lowest BCUT2D eigenvalue weighted by molar-refractivity contribution is 0.0652. The average molecular weight is 310 g/mol. The number of hydrogen-bond donors (Lipinski definition) is 0. The van der Waals surface area contributed by atoms with Crippen molar-refractivity contribution >= 4 is 16.8 Å². The molecule has 0 spiro atoms. The van der Waals surface area contributed by atoms with Crippen molar-refractivity contribution in [3.05, 3.63) is 48.7 Å². The molecule has 3 rings (SSSR count). The van der Waals surface area contributed by atoms with Crippen LogP contribution in [-0.2, 0) is 0 Å². The summed E-state index contributed by atoms with van der Waals surface area (Å²) in [5, 5.41) is 0.839. The highest BCUT2D eigenvalue weighted by Gasteiger charge is 2.28. The maximum atomic E-state index is 13.0. The molecule has 1 aliphatic rings. The first-order valence-corrected chi connectivity index (χ1v) is 7.98. The van der Waals surface area contributed by atoms with Gasteiger partial charge in [-0.05, 0) is 42.5 Å². The topological polar surface area (TPSA) is 42.4 Å². The van der Waals surface area contributed by atoms with Gasteiger partial charge in [0.1, 0.15) is 5.75 Å². The SMILES string of the molecule is C=CC1CN(C(=O)c2ccnc3ccc(OC)cc23)CCC1C. The van der Waals surface area contributed by atoms with E-state index >= 15 is 0 Å². The molecule has 0 bridgehead atoms. The first kappa shape index (κ1) is 15.5. The van der Waals surface area contributed by atoms with Crippen molar-refractivity contribution in [1.82, 2.24) is 9.88 Å². The van der Waals surface area contributed by atoms with E-state index in [2.05, 4.69) is 18.5 Å². The van der Waals surface area contributed by atoms with Gasteiger partial charge in [0.25, 0.3) is 5.91 Å². The highest BCUT2D eigenvalue weighted by atomic mass is 16.5. The Bertz CT molecular complexity index is 741. The lowest BCUT2D eigenvalue weighted by Crippen LogP contribution is -2.42. The Hall–Kier alpha value is -2.36. The van der Waals surface area contributed by atoms with Crippen molar-refractivity contribution in [1.29, 1.82) is 0 Å². The number of amides is 1. The second-order valence-corrected chi connectivity index (χ2v) is 6.16. The molecule has 0 saturated carbocycles. The largest absolute Gasteiger partial charge is 0.497 e. The van der Waals surface area contributed by atoms with E-state index < -0.39 is 0 Å². The van der Waals surface area contributed by atoms with Crippen LogP contribution >= 0.6 is 0 Å². The summed E-state index contributed by atoms with van der Waals surface area (Å²) in [5.41, 5.74) is 1.49. The van der Waals surface area contributed by atoms with Crippen molar-refractivity contribution in [3.8, 4) is 5.75 Å². The molecule has 2 heterocycles. The second-order valence-electron chi connectivity index (χ2n) is 6.16. The Morgan fingerprint density at radius 2 is 2.26 bits per heavy atom. The third-order valence-electron chi connectivity index (χ3n) is 4.79. The molecule has 1 amide bonds. The van der Waals surface area contributed by atoms with Crippen molar-refractivity contribution in [2.75, 3.05) is 20.2 Å². The van der Waals surface area contributed by atoms with Crippen LogP contribution in [0.5, 0.6) is 5.75 Å². The molecule has 2 atom stereocenters. The van der Waals surface area contributed by atoms with Gasteiger partial charge in [-0.2, -0.15) is 0 Å². The average Bonchev–Trinajstić information content (AvgIpc) is 2.60. The maximum Gasteiger partial charge on any atom is 0.254 e. The third-order valence-corrected chi connectivity index (χ3v) is 4.79. The fourth-order valence-electron chi connectivity index (χ4n) is 3.20. The van der Waals surface area contributed by atoms with E-state index in [-0.39, 0.29) is 5.91 Å². The Labute approximate surface area is 136 Å². The fraction of sp³-hybridized carbons (Fsp3) is 0.368. The second kappa shape index (κ2) is 6.41. The number of hydrogen-bond acceptors (Lipinski definition) is 3. The highest BCUT2D eigenvalue weighted by Crippen LogP contribution is 2.28. The molecule has 0 aliphatic carbocycles.